The first-order valence-electron chi connectivity index (χ1n) is 17.2. The molecular formula is C40H41Cl2N5O5. The van der Waals surface area contributed by atoms with Gasteiger partial charge in [0.05, 0.1) is 40.9 Å². The average Bonchev–Trinajstić information content (AvgIpc) is 3.69. The Hall–Kier alpha value is -4.93. The Labute approximate surface area is 312 Å². The number of carboxylic acid groups (broad SMARTS) is 1. The Bertz CT molecular complexity index is 2430. The van der Waals surface area contributed by atoms with Crippen LogP contribution in [0.2, 0.25) is 10.0 Å². The zero-order chi connectivity index (χ0) is 37.3. The first-order chi connectivity index (χ1) is 24.8. The number of carbonyl (C=O) groups is 2. The second-order valence-electron chi connectivity index (χ2n) is 13.7. The Morgan fingerprint density at radius 1 is 1.04 bits per heavy atom. The molecule has 4 heterocycles. The molecule has 0 fully saturated rings. The number of rotatable bonds is 9. The molecule has 0 radical (unpaired) electrons. The summed E-state index contributed by atoms with van der Waals surface area (Å²) >= 11 is 13.5. The molecule has 1 aliphatic rings. The molecule has 7 rings (SSSR count). The van der Waals surface area contributed by atoms with Gasteiger partial charge in [0.25, 0.3) is 5.91 Å². The molecule has 0 saturated carbocycles. The fourth-order valence-corrected chi connectivity index (χ4v) is 8.40. The van der Waals surface area contributed by atoms with Crippen molar-refractivity contribution in [1.82, 2.24) is 18.9 Å². The minimum atomic E-state index is -1.14. The molecule has 0 bridgehead atoms. The largest absolute Gasteiger partial charge is 0.496 e. The van der Waals surface area contributed by atoms with Crippen molar-refractivity contribution in [3.05, 3.63) is 91.8 Å². The monoisotopic (exact) mass is 741 g/mol. The van der Waals surface area contributed by atoms with Crippen LogP contribution in [0.3, 0.4) is 0 Å². The van der Waals surface area contributed by atoms with Crippen LogP contribution in [0.15, 0.2) is 42.5 Å². The lowest BCUT2D eigenvalue weighted by Crippen LogP contribution is -2.44. The number of carboxylic acids is 1. The Morgan fingerprint density at radius 2 is 1.75 bits per heavy atom. The molecule has 1 atom stereocenters. The zero-order valence-electron chi connectivity index (χ0n) is 30.5. The number of carbonyl (C=O) groups excluding carboxylic acids is 1. The third-order valence-corrected chi connectivity index (χ3v) is 11.3. The first-order valence-corrected chi connectivity index (χ1v) is 18.0. The second-order valence-corrected chi connectivity index (χ2v) is 14.5. The number of methoxy groups -OCH3 is 1. The van der Waals surface area contributed by atoms with E-state index >= 15 is 4.79 Å². The average molecular weight is 743 g/mol. The van der Waals surface area contributed by atoms with Gasteiger partial charge in [0, 0.05) is 53.9 Å². The molecular weight excluding hydrogens is 701 g/mol. The van der Waals surface area contributed by atoms with E-state index < -0.39 is 5.97 Å². The smallest absolute Gasteiger partial charge is 0.340 e. The van der Waals surface area contributed by atoms with Crippen LogP contribution in [0.25, 0.3) is 32.9 Å². The number of aryl methyl sites for hydroxylation is 6. The molecule has 1 aliphatic heterocycles. The lowest BCUT2D eigenvalue weighted by atomic mass is 9.98. The highest BCUT2D eigenvalue weighted by molar-refractivity contribution is 6.35. The maximum Gasteiger partial charge on any atom is 0.340 e. The molecule has 6 aromatic rings. The Kier molecular flexibility index (Phi) is 9.03. The fourth-order valence-electron chi connectivity index (χ4n) is 8.04. The van der Waals surface area contributed by atoms with E-state index in [9.17, 15) is 9.90 Å². The molecule has 12 heteroatoms. The van der Waals surface area contributed by atoms with Crippen molar-refractivity contribution in [3.63, 3.8) is 0 Å². The van der Waals surface area contributed by atoms with Gasteiger partial charge in [0.1, 0.15) is 28.6 Å². The molecule has 3 aromatic heterocycles. The van der Waals surface area contributed by atoms with Gasteiger partial charge < -0.3 is 23.7 Å². The summed E-state index contributed by atoms with van der Waals surface area (Å²) < 4.78 is 17.5. The van der Waals surface area contributed by atoms with Gasteiger partial charge in [0.2, 0.25) is 0 Å². The number of fused-ring (bicyclic) bond motifs is 4. The molecule has 0 saturated heterocycles. The maximum atomic E-state index is 15.1. The fraction of sp³-hybridized carbons (Fsp3) is 0.325. The van der Waals surface area contributed by atoms with E-state index in [0.29, 0.717) is 52.6 Å². The van der Waals surface area contributed by atoms with Crippen molar-refractivity contribution in [2.24, 2.45) is 14.1 Å². The van der Waals surface area contributed by atoms with Crippen LogP contribution in [0.4, 0.5) is 5.82 Å². The first kappa shape index (κ1) is 35.5. The van der Waals surface area contributed by atoms with Gasteiger partial charge in [-0.3, -0.25) is 14.4 Å². The number of nitrogens with zero attached hydrogens (tertiary/aromatic N) is 5. The van der Waals surface area contributed by atoms with E-state index in [1.807, 2.05) is 75.8 Å². The van der Waals surface area contributed by atoms with E-state index in [0.717, 1.165) is 60.9 Å². The van der Waals surface area contributed by atoms with Crippen molar-refractivity contribution in [2.45, 2.75) is 53.5 Å². The lowest BCUT2D eigenvalue weighted by Gasteiger charge is -2.34. The maximum absolute atomic E-state index is 15.1. The number of anilines is 1. The van der Waals surface area contributed by atoms with Crippen molar-refractivity contribution < 1.29 is 24.2 Å². The molecule has 0 unspecified atom stereocenters. The van der Waals surface area contributed by atoms with Crippen LogP contribution in [0.1, 0.15) is 68.3 Å². The zero-order valence-corrected chi connectivity index (χ0v) is 32.0. The molecule has 0 aliphatic carbocycles. The van der Waals surface area contributed by atoms with Crippen molar-refractivity contribution in [3.8, 4) is 22.6 Å². The molecule has 3 aromatic carbocycles. The van der Waals surface area contributed by atoms with Crippen LogP contribution in [-0.4, -0.2) is 56.2 Å². The quantitative estimate of drug-likeness (QED) is 0.148. The predicted octanol–water partition coefficient (Wildman–Crippen LogP) is 9.01. The van der Waals surface area contributed by atoms with Crippen LogP contribution in [-0.2, 0) is 20.5 Å². The minimum Gasteiger partial charge on any atom is -0.496 e. The van der Waals surface area contributed by atoms with Gasteiger partial charge in [-0.2, -0.15) is 5.10 Å². The van der Waals surface area contributed by atoms with Crippen LogP contribution in [0, 0.1) is 27.7 Å². The summed E-state index contributed by atoms with van der Waals surface area (Å²) in [5.41, 5.74) is 8.33. The third-order valence-electron chi connectivity index (χ3n) is 10.4. The summed E-state index contributed by atoms with van der Waals surface area (Å²) in [6.45, 7) is 10.6. The number of ether oxygens (including phenoxy) is 2. The molecule has 52 heavy (non-hydrogen) atoms. The third kappa shape index (κ3) is 5.42. The lowest BCUT2D eigenvalue weighted by molar-refractivity contribution is 0.0699. The molecule has 270 valence electrons. The topological polar surface area (TPSA) is 104 Å². The number of aromatic carboxylic acids is 1. The summed E-state index contributed by atoms with van der Waals surface area (Å²) in [4.78, 5) is 29.7. The van der Waals surface area contributed by atoms with Crippen molar-refractivity contribution in [2.75, 3.05) is 25.2 Å². The minimum absolute atomic E-state index is 0.0221. The Morgan fingerprint density at radius 3 is 2.38 bits per heavy atom. The SMILES string of the molecule is COc1cccc2c1c(C(=O)O)c(N1C[C@@H](C)n3c(c(CCCOc4cc(C)c(Cl)c(C)c4)c4ccc(Cl)c(-c5c(C)nn(C)c5C)c43)C1=O)n2C. The number of halogens is 2. The normalized spacial score (nSPS) is 14.5. The molecule has 1 amide bonds. The number of benzene rings is 3. The van der Waals surface area contributed by atoms with Crippen molar-refractivity contribution in [1.29, 1.82) is 0 Å². The molecule has 0 spiro atoms. The van der Waals surface area contributed by atoms with Crippen LogP contribution in [0.5, 0.6) is 11.5 Å². The van der Waals surface area contributed by atoms with Gasteiger partial charge in [-0.05, 0) is 94.5 Å². The number of hydrogen-bond acceptors (Lipinski definition) is 5. The summed E-state index contributed by atoms with van der Waals surface area (Å²) in [6, 6.07) is 12.9. The number of hydrogen-bond donors (Lipinski definition) is 1. The van der Waals surface area contributed by atoms with E-state index in [4.69, 9.17) is 37.8 Å². The number of amides is 1. The second kappa shape index (κ2) is 13.2. The van der Waals surface area contributed by atoms with E-state index in [1.54, 1.807) is 22.6 Å². The summed E-state index contributed by atoms with van der Waals surface area (Å²) in [5.74, 6) is 0.0431. The van der Waals surface area contributed by atoms with Crippen LogP contribution < -0.4 is 14.4 Å². The van der Waals surface area contributed by atoms with Gasteiger partial charge in [-0.25, -0.2) is 4.79 Å². The predicted molar refractivity (Wildman–Crippen MR) is 206 cm³/mol. The van der Waals surface area contributed by atoms with Gasteiger partial charge in [-0.15, -0.1) is 0 Å². The van der Waals surface area contributed by atoms with Gasteiger partial charge in [0.15, 0.2) is 0 Å². The van der Waals surface area contributed by atoms with Gasteiger partial charge >= 0.3 is 5.97 Å². The standard InChI is InChI=1S/C40H41Cl2N5O5/c1-20-17-25(18-21(2)35(20)42)52-16-10-11-26-27-14-15-28(41)32(31-23(4)43-45(7)24(31)5)36(27)47-22(3)19-46(39(48)37(26)47)38-34(40(49)50)33-29(44(38)6)12-9-13-30(33)51-8/h9,12-15,17-18,22H,10-11,16,19H2,1-8H3,(H,49,50)/t22-/m1/s1. The van der Waals surface area contributed by atoms with E-state index in [-0.39, 0.29) is 24.1 Å². The molecule has 1 N–H and O–H groups in total. The highest BCUT2D eigenvalue weighted by Crippen LogP contribution is 2.46. The van der Waals surface area contributed by atoms with E-state index in [1.165, 1.54) is 7.11 Å². The van der Waals surface area contributed by atoms with Crippen LogP contribution >= 0.6 is 23.2 Å². The highest BCUT2D eigenvalue weighted by Gasteiger charge is 2.40. The van der Waals surface area contributed by atoms with E-state index in [2.05, 4.69) is 11.5 Å². The summed E-state index contributed by atoms with van der Waals surface area (Å²) in [6.07, 6.45) is 1.14. The number of aromatic nitrogens is 4. The Balaban J connectivity index is 1.41. The summed E-state index contributed by atoms with van der Waals surface area (Å²) in [7, 11) is 5.21. The highest BCUT2D eigenvalue weighted by atomic mass is 35.5. The summed E-state index contributed by atoms with van der Waals surface area (Å²) in [5, 5.41) is 18.0. The van der Waals surface area contributed by atoms with Gasteiger partial charge in [-0.1, -0.05) is 35.3 Å². The van der Waals surface area contributed by atoms with Crippen molar-refractivity contribution >= 4 is 62.7 Å². The molecule has 10 nitrogen and oxygen atoms in total.